The molecule has 2 heterocycles. The Bertz CT molecular complexity index is 1080. The molecular weight excluding hydrogens is 382 g/mol. The minimum Gasteiger partial charge on any atom is -0.301 e. The summed E-state index contributed by atoms with van der Waals surface area (Å²) in [6.45, 7) is 3.79. The molecule has 0 saturated carbocycles. The number of thiazole rings is 1. The van der Waals surface area contributed by atoms with Gasteiger partial charge in [0.2, 0.25) is 5.91 Å². The first-order chi connectivity index (χ1) is 13.0. The third-order valence-corrected chi connectivity index (χ3v) is 5.29. The molecule has 0 aliphatic heterocycles. The minimum atomic E-state index is -0.526. The molecule has 0 spiro atoms. The molecule has 2 N–H and O–H groups in total. The lowest BCUT2D eigenvalue weighted by Gasteiger charge is -2.07. The van der Waals surface area contributed by atoms with Crippen LogP contribution in [0.1, 0.15) is 16.8 Å². The Morgan fingerprint density at radius 2 is 2.04 bits per heavy atom. The number of carbonyl (C=O) groups excluding carboxylic acids is 1. The number of carbonyl (C=O) groups is 1. The van der Waals surface area contributed by atoms with Crippen molar-refractivity contribution in [3.05, 3.63) is 56.8 Å². The van der Waals surface area contributed by atoms with E-state index in [2.05, 4.69) is 20.3 Å². The zero-order valence-electron chi connectivity index (χ0n) is 14.6. The maximum Gasteiger partial charge on any atom is 0.270 e. The fourth-order valence-corrected chi connectivity index (χ4v) is 3.61. The predicted octanol–water partition coefficient (Wildman–Crippen LogP) is 3.11. The third kappa shape index (κ3) is 4.61. The SMILES string of the molecule is Cc1ccc(-c2nc(SCC(=O)Nc3nc(C)cs3)[nH]c(=O)c2C#N)cc1. The van der Waals surface area contributed by atoms with E-state index in [1.165, 1.54) is 11.3 Å². The number of thioether (sulfide) groups is 1. The van der Waals surface area contributed by atoms with Crippen molar-refractivity contribution >= 4 is 34.1 Å². The first-order valence-electron chi connectivity index (χ1n) is 7.92. The molecule has 1 aromatic carbocycles. The maximum absolute atomic E-state index is 12.2. The highest BCUT2D eigenvalue weighted by atomic mass is 32.2. The van der Waals surface area contributed by atoms with E-state index < -0.39 is 5.56 Å². The number of benzene rings is 1. The van der Waals surface area contributed by atoms with E-state index in [4.69, 9.17) is 0 Å². The van der Waals surface area contributed by atoms with E-state index >= 15 is 0 Å². The molecule has 0 atom stereocenters. The summed E-state index contributed by atoms with van der Waals surface area (Å²) in [7, 11) is 0. The third-order valence-electron chi connectivity index (χ3n) is 3.54. The van der Waals surface area contributed by atoms with Crippen LogP contribution in [0.4, 0.5) is 5.13 Å². The molecule has 3 aromatic rings. The highest BCUT2D eigenvalue weighted by Gasteiger charge is 2.15. The normalized spacial score (nSPS) is 10.4. The van der Waals surface area contributed by atoms with E-state index in [9.17, 15) is 14.9 Å². The molecule has 27 heavy (non-hydrogen) atoms. The molecule has 0 radical (unpaired) electrons. The second-order valence-electron chi connectivity index (χ2n) is 5.70. The highest BCUT2D eigenvalue weighted by Crippen LogP contribution is 2.23. The van der Waals surface area contributed by atoms with Crippen LogP contribution >= 0.6 is 23.1 Å². The van der Waals surface area contributed by atoms with E-state index in [0.717, 1.165) is 23.0 Å². The van der Waals surface area contributed by atoms with Crippen LogP contribution in [0.3, 0.4) is 0 Å². The first-order valence-corrected chi connectivity index (χ1v) is 9.79. The van der Waals surface area contributed by atoms with Gasteiger partial charge >= 0.3 is 0 Å². The Morgan fingerprint density at radius 3 is 2.67 bits per heavy atom. The number of amides is 1. The van der Waals surface area contributed by atoms with Gasteiger partial charge in [0, 0.05) is 10.9 Å². The van der Waals surface area contributed by atoms with Gasteiger partial charge in [0.15, 0.2) is 10.3 Å². The summed E-state index contributed by atoms with van der Waals surface area (Å²) < 4.78 is 0. The number of hydrogen-bond donors (Lipinski definition) is 2. The quantitative estimate of drug-likeness (QED) is 0.505. The fraction of sp³-hybridized carbons (Fsp3) is 0.167. The molecule has 0 bridgehead atoms. The number of aromatic amines is 1. The van der Waals surface area contributed by atoms with E-state index in [1.54, 1.807) is 0 Å². The fourth-order valence-electron chi connectivity index (χ4n) is 2.25. The van der Waals surface area contributed by atoms with Crippen molar-refractivity contribution in [3.63, 3.8) is 0 Å². The maximum atomic E-state index is 12.2. The number of hydrogen-bond acceptors (Lipinski definition) is 7. The lowest BCUT2D eigenvalue weighted by atomic mass is 10.1. The van der Waals surface area contributed by atoms with Gasteiger partial charge in [0.25, 0.3) is 5.56 Å². The van der Waals surface area contributed by atoms with Gasteiger partial charge in [-0.25, -0.2) is 9.97 Å². The van der Waals surface area contributed by atoms with Gasteiger partial charge in [-0.2, -0.15) is 5.26 Å². The zero-order chi connectivity index (χ0) is 19.4. The van der Waals surface area contributed by atoms with Gasteiger partial charge in [-0.15, -0.1) is 11.3 Å². The number of H-pyrrole nitrogens is 1. The Balaban J connectivity index is 1.80. The van der Waals surface area contributed by atoms with Crippen LogP contribution < -0.4 is 10.9 Å². The molecule has 1 amide bonds. The topological polar surface area (TPSA) is 112 Å². The molecule has 7 nitrogen and oxygen atoms in total. The Hall–Kier alpha value is -2.96. The highest BCUT2D eigenvalue weighted by molar-refractivity contribution is 7.99. The number of rotatable bonds is 5. The van der Waals surface area contributed by atoms with Crippen molar-refractivity contribution in [1.82, 2.24) is 15.0 Å². The standard InChI is InChI=1S/C18H15N5O2S2/c1-10-3-5-12(6-4-10)15-13(7-19)16(25)23-18(22-15)27-9-14(24)21-17-20-11(2)8-26-17/h3-6,8H,9H2,1-2H3,(H,20,21,24)(H,22,23,25). The van der Waals surface area contributed by atoms with E-state index in [-0.39, 0.29) is 22.4 Å². The van der Waals surface area contributed by atoms with E-state index in [1.807, 2.05) is 49.6 Å². The summed E-state index contributed by atoms with van der Waals surface area (Å²) in [5.41, 5.74) is 2.30. The van der Waals surface area contributed by atoms with Crippen LogP contribution in [0.15, 0.2) is 39.6 Å². The van der Waals surface area contributed by atoms with E-state index in [0.29, 0.717) is 16.4 Å². The minimum absolute atomic E-state index is 0.0501. The lowest BCUT2D eigenvalue weighted by Crippen LogP contribution is -2.17. The van der Waals surface area contributed by atoms with Gasteiger partial charge in [-0.3, -0.25) is 9.59 Å². The van der Waals surface area contributed by atoms with Crippen LogP contribution in [0.25, 0.3) is 11.3 Å². The van der Waals surface area contributed by atoms with Crippen LogP contribution in [0.5, 0.6) is 0 Å². The van der Waals surface area contributed by atoms with Gasteiger partial charge in [-0.1, -0.05) is 41.6 Å². The summed E-state index contributed by atoms with van der Waals surface area (Å²) in [5.74, 6) is -0.195. The molecule has 2 aromatic heterocycles. The van der Waals surface area contributed by atoms with Crippen LogP contribution in [-0.2, 0) is 4.79 Å². The second-order valence-corrected chi connectivity index (χ2v) is 7.53. The van der Waals surface area contributed by atoms with Crippen molar-refractivity contribution in [2.45, 2.75) is 19.0 Å². The van der Waals surface area contributed by atoms with Crippen molar-refractivity contribution in [2.75, 3.05) is 11.1 Å². The zero-order valence-corrected chi connectivity index (χ0v) is 16.2. The number of nitrogens with one attached hydrogen (secondary N) is 2. The van der Waals surface area contributed by atoms with Gasteiger partial charge < -0.3 is 10.3 Å². The summed E-state index contributed by atoms with van der Waals surface area (Å²) in [6, 6.07) is 9.29. The molecule has 136 valence electrons. The van der Waals surface area contributed by atoms with Gasteiger partial charge in [-0.05, 0) is 13.8 Å². The summed E-state index contributed by atoms with van der Waals surface area (Å²) in [4.78, 5) is 35.4. The average Bonchev–Trinajstić information content (AvgIpc) is 3.05. The molecule has 0 unspecified atom stereocenters. The summed E-state index contributed by atoms with van der Waals surface area (Å²) in [5, 5.41) is 14.7. The number of aromatic nitrogens is 3. The van der Waals surface area contributed by atoms with Crippen molar-refractivity contribution in [2.24, 2.45) is 0 Å². The summed E-state index contributed by atoms with van der Waals surface area (Å²) in [6.07, 6.45) is 0. The lowest BCUT2D eigenvalue weighted by molar-refractivity contribution is -0.113. The average molecular weight is 397 g/mol. The summed E-state index contributed by atoms with van der Waals surface area (Å²) >= 11 is 2.43. The number of aryl methyl sites for hydroxylation is 2. The Morgan fingerprint density at radius 1 is 1.30 bits per heavy atom. The predicted molar refractivity (Wildman–Crippen MR) is 106 cm³/mol. The molecule has 9 heteroatoms. The van der Waals surface area contributed by atoms with Crippen LogP contribution in [0.2, 0.25) is 0 Å². The monoisotopic (exact) mass is 397 g/mol. The Labute approximate surface area is 163 Å². The van der Waals surface area contributed by atoms with Gasteiger partial charge in [0.1, 0.15) is 11.6 Å². The number of nitrogens with zero attached hydrogens (tertiary/aromatic N) is 3. The van der Waals surface area contributed by atoms with Crippen LogP contribution in [0, 0.1) is 25.2 Å². The van der Waals surface area contributed by atoms with Crippen molar-refractivity contribution in [3.8, 4) is 17.3 Å². The van der Waals surface area contributed by atoms with Crippen LogP contribution in [-0.4, -0.2) is 26.6 Å². The molecule has 0 aliphatic rings. The van der Waals surface area contributed by atoms with Gasteiger partial charge in [0.05, 0.1) is 17.1 Å². The molecule has 0 aliphatic carbocycles. The number of nitriles is 1. The van der Waals surface area contributed by atoms with Crippen molar-refractivity contribution < 1.29 is 4.79 Å². The molecule has 0 fully saturated rings. The van der Waals surface area contributed by atoms with Crippen molar-refractivity contribution in [1.29, 1.82) is 5.26 Å². The second kappa shape index (κ2) is 8.16. The smallest absolute Gasteiger partial charge is 0.270 e. The molecule has 0 saturated heterocycles. The first kappa shape index (κ1) is 18.8. The Kier molecular flexibility index (Phi) is 5.69. The molecular formula is C18H15N5O2S2. The largest absolute Gasteiger partial charge is 0.301 e. The number of anilines is 1. The molecule has 3 rings (SSSR count).